The van der Waals surface area contributed by atoms with Crippen molar-refractivity contribution in [3.8, 4) is 11.5 Å². The smallest absolute Gasteiger partial charge is 0.285 e. The number of nitrogens with zero attached hydrogens (tertiary/aromatic N) is 1. The van der Waals surface area contributed by atoms with E-state index < -0.39 is 11.8 Å². The van der Waals surface area contributed by atoms with E-state index in [0.717, 1.165) is 33.5 Å². The highest BCUT2D eigenvalue weighted by Crippen LogP contribution is 2.34. The van der Waals surface area contributed by atoms with E-state index in [1.807, 2.05) is 37.3 Å². The largest absolute Gasteiger partial charge is 0.493 e. The van der Waals surface area contributed by atoms with E-state index in [2.05, 4.69) is 5.43 Å². The van der Waals surface area contributed by atoms with Gasteiger partial charge in [0.15, 0.2) is 15.8 Å². The van der Waals surface area contributed by atoms with E-state index in [1.165, 1.54) is 0 Å². The van der Waals surface area contributed by atoms with Gasteiger partial charge in [0.05, 0.1) is 12.0 Å². The average molecular weight is 525 g/mol. The van der Waals surface area contributed by atoms with E-state index in [9.17, 15) is 9.59 Å². The average Bonchev–Trinajstić information content (AvgIpc) is 3.11. The van der Waals surface area contributed by atoms with Gasteiger partial charge in [-0.25, -0.2) is 0 Å². The molecule has 4 rings (SSSR count). The molecule has 0 saturated carbocycles. The zero-order valence-corrected chi connectivity index (χ0v) is 21.3. The molecule has 1 aliphatic heterocycles. The SMILES string of the molecule is COc1cc(/C=C2\SC(=S)N(NC(=O)c3ccccc3C)C2=O)ccc1OCc1ccc(Cl)cc1. The van der Waals surface area contributed by atoms with Crippen LogP contribution in [0.15, 0.2) is 71.6 Å². The van der Waals surface area contributed by atoms with Gasteiger partial charge >= 0.3 is 0 Å². The minimum atomic E-state index is -0.399. The summed E-state index contributed by atoms with van der Waals surface area (Å²) in [5.74, 6) is 0.294. The number of hydrogen-bond acceptors (Lipinski definition) is 6. The zero-order chi connectivity index (χ0) is 24.9. The van der Waals surface area contributed by atoms with Crippen LogP contribution in [0, 0.1) is 6.92 Å². The van der Waals surface area contributed by atoms with Gasteiger partial charge in [0, 0.05) is 10.6 Å². The predicted molar refractivity (Wildman–Crippen MR) is 142 cm³/mol. The zero-order valence-electron chi connectivity index (χ0n) is 18.9. The van der Waals surface area contributed by atoms with Gasteiger partial charge in [0.2, 0.25) is 0 Å². The van der Waals surface area contributed by atoms with Crippen molar-refractivity contribution in [3.05, 3.63) is 98.9 Å². The molecule has 0 aliphatic carbocycles. The van der Waals surface area contributed by atoms with Crippen molar-refractivity contribution in [3.63, 3.8) is 0 Å². The van der Waals surface area contributed by atoms with Crippen molar-refractivity contribution in [2.45, 2.75) is 13.5 Å². The summed E-state index contributed by atoms with van der Waals surface area (Å²) in [7, 11) is 1.55. The Hall–Kier alpha value is -3.33. The van der Waals surface area contributed by atoms with Gasteiger partial charge in [0.1, 0.15) is 6.61 Å². The molecule has 1 fully saturated rings. The Bertz CT molecular complexity index is 1330. The fourth-order valence-electron chi connectivity index (χ4n) is 3.34. The number of carbonyl (C=O) groups excluding carboxylic acids is 2. The molecule has 9 heteroatoms. The predicted octanol–water partition coefficient (Wildman–Crippen LogP) is 5.78. The second-order valence-electron chi connectivity index (χ2n) is 7.60. The summed E-state index contributed by atoms with van der Waals surface area (Å²) in [5, 5.41) is 1.76. The van der Waals surface area contributed by atoms with E-state index in [1.54, 1.807) is 49.6 Å². The van der Waals surface area contributed by atoms with Crippen molar-refractivity contribution in [2.24, 2.45) is 0 Å². The van der Waals surface area contributed by atoms with Crippen LogP contribution in [0.3, 0.4) is 0 Å². The van der Waals surface area contributed by atoms with Crippen LogP contribution in [-0.4, -0.2) is 28.3 Å². The first-order valence-electron chi connectivity index (χ1n) is 10.6. The van der Waals surface area contributed by atoms with Crippen molar-refractivity contribution in [1.82, 2.24) is 10.4 Å². The highest BCUT2D eigenvalue weighted by atomic mass is 35.5. The van der Waals surface area contributed by atoms with Crippen LogP contribution in [-0.2, 0) is 11.4 Å². The molecule has 3 aromatic rings. The van der Waals surface area contributed by atoms with Crippen LogP contribution in [0.25, 0.3) is 6.08 Å². The Labute approximate surface area is 217 Å². The summed E-state index contributed by atoms with van der Waals surface area (Å²) in [5.41, 5.74) is 5.58. The lowest BCUT2D eigenvalue weighted by Gasteiger charge is -2.16. The van der Waals surface area contributed by atoms with Gasteiger partial charge in [0.25, 0.3) is 11.8 Å². The third-order valence-electron chi connectivity index (χ3n) is 5.19. The molecule has 1 saturated heterocycles. The summed E-state index contributed by atoms with van der Waals surface area (Å²) < 4.78 is 11.6. The van der Waals surface area contributed by atoms with E-state index in [0.29, 0.717) is 33.6 Å². The van der Waals surface area contributed by atoms with Crippen molar-refractivity contribution in [1.29, 1.82) is 0 Å². The summed E-state index contributed by atoms with van der Waals surface area (Å²) in [6.45, 7) is 2.18. The number of benzene rings is 3. The Kier molecular flexibility index (Phi) is 7.75. The van der Waals surface area contributed by atoms with Gasteiger partial charge in [-0.05, 0) is 72.2 Å². The molecule has 1 aliphatic rings. The molecule has 0 unspecified atom stereocenters. The van der Waals surface area contributed by atoms with Gasteiger partial charge in [-0.1, -0.05) is 59.8 Å². The molecule has 2 amide bonds. The third kappa shape index (κ3) is 5.85. The molecule has 1 heterocycles. The maximum atomic E-state index is 12.9. The number of carbonyl (C=O) groups is 2. The highest BCUT2D eigenvalue weighted by Gasteiger charge is 2.34. The minimum absolute atomic E-state index is 0.248. The number of rotatable bonds is 7. The van der Waals surface area contributed by atoms with Gasteiger partial charge in [-0.2, -0.15) is 5.01 Å². The van der Waals surface area contributed by atoms with Crippen LogP contribution < -0.4 is 14.9 Å². The number of thiocarbonyl (C=S) groups is 1. The van der Waals surface area contributed by atoms with E-state index in [-0.39, 0.29) is 4.32 Å². The lowest BCUT2D eigenvalue weighted by molar-refractivity contribution is -0.123. The summed E-state index contributed by atoms with van der Waals surface area (Å²) in [6.07, 6.45) is 1.70. The maximum Gasteiger partial charge on any atom is 0.285 e. The first-order chi connectivity index (χ1) is 16.9. The molecule has 6 nitrogen and oxygen atoms in total. The molecule has 178 valence electrons. The fraction of sp³-hybridized carbons (Fsp3) is 0.115. The maximum absolute atomic E-state index is 12.9. The van der Waals surface area contributed by atoms with E-state index in [4.69, 9.17) is 33.3 Å². The third-order valence-corrected chi connectivity index (χ3v) is 6.74. The number of halogens is 1. The van der Waals surface area contributed by atoms with Crippen molar-refractivity contribution in [2.75, 3.05) is 7.11 Å². The molecule has 35 heavy (non-hydrogen) atoms. The molecule has 3 aromatic carbocycles. The molecule has 0 atom stereocenters. The normalized spacial score (nSPS) is 14.4. The van der Waals surface area contributed by atoms with Crippen LogP contribution in [0.4, 0.5) is 0 Å². The summed E-state index contributed by atoms with van der Waals surface area (Å²) in [4.78, 5) is 26.0. The monoisotopic (exact) mass is 524 g/mol. The van der Waals surface area contributed by atoms with Gasteiger partial charge in [-0.3, -0.25) is 15.0 Å². The lowest BCUT2D eigenvalue weighted by Crippen LogP contribution is -2.45. The second-order valence-corrected chi connectivity index (χ2v) is 9.71. The molecular formula is C26H21ClN2O4S2. The molecule has 1 N–H and O–H groups in total. The minimum Gasteiger partial charge on any atom is -0.493 e. The highest BCUT2D eigenvalue weighted by molar-refractivity contribution is 8.26. The molecule has 0 bridgehead atoms. The fourth-order valence-corrected chi connectivity index (χ4v) is 4.65. The van der Waals surface area contributed by atoms with Crippen molar-refractivity contribution >= 4 is 57.8 Å². The molecular weight excluding hydrogens is 504 g/mol. The topological polar surface area (TPSA) is 67.9 Å². The van der Waals surface area contributed by atoms with E-state index >= 15 is 0 Å². The number of hydrazine groups is 1. The Balaban J connectivity index is 1.47. The molecule has 0 spiro atoms. The number of hydrogen-bond donors (Lipinski definition) is 1. The summed E-state index contributed by atoms with van der Waals surface area (Å²) >= 11 is 12.4. The Morgan fingerprint density at radius 2 is 1.86 bits per heavy atom. The number of thioether (sulfide) groups is 1. The lowest BCUT2D eigenvalue weighted by atomic mass is 10.1. The quantitative estimate of drug-likeness (QED) is 0.312. The number of ether oxygens (including phenoxy) is 2. The van der Waals surface area contributed by atoms with Crippen LogP contribution >= 0.6 is 35.6 Å². The van der Waals surface area contributed by atoms with Crippen molar-refractivity contribution < 1.29 is 19.1 Å². The van der Waals surface area contributed by atoms with Crippen LogP contribution in [0.2, 0.25) is 5.02 Å². The first-order valence-corrected chi connectivity index (χ1v) is 12.2. The standard InChI is InChI=1S/C26H21ClN2O4S2/c1-16-5-3-4-6-20(16)24(30)28-29-25(31)23(35-26(29)34)14-18-9-12-21(22(13-18)32-2)33-15-17-7-10-19(27)11-8-17/h3-14H,15H2,1-2H3,(H,28,30)/b23-14-. The Morgan fingerprint density at radius 1 is 1.11 bits per heavy atom. The van der Waals surface area contributed by atoms with Gasteiger partial charge < -0.3 is 9.47 Å². The number of nitrogens with one attached hydrogen (secondary N) is 1. The first kappa shape index (κ1) is 24.8. The molecule has 0 radical (unpaired) electrons. The molecule has 0 aromatic heterocycles. The van der Waals surface area contributed by atoms with Crippen LogP contribution in [0.5, 0.6) is 11.5 Å². The number of aryl methyl sites for hydroxylation is 1. The summed E-state index contributed by atoms with van der Waals surface area (Å²) in [6, 6.07) is 19.9. The number of amides is 2. The van der Waals surface area contributed by atoms with Gasteiger partial charge in [-0.15, -0.1) is 0 Å². The number of methoxy groups -OCH3 is 1. The second kappa shape index (κ2) is 10.9. The Morgan fingerprint density at radius 3 is 2.57 bits per heavy atom. The van der Waals surface area contributed by atoms with Crippen LogP contribution in [0.1, 0.15) is 27.0 Å².